The van der Waals surface area contributed by atoms with Gasteiger partial charge in [-0.3, -0.25) is 4.68 Å². The molecule has 0 saturated carbocycles. The zero-order valence-corrected chi connectivity index (χ0v) is 17.3. The summed E-state index contributed by atoms with van der Waals surface area (Å²) in [4.78, 5) is 0. The second-order valence-corrected chi connectivity index (χ2v) is 8.27. The zero-order valence-electron chi connectivity index (χ0n) is 16.5. The Hall–Kier alpha value is -2.84. The molecule has 2 aromatic carbocycles. The molecule has 0 aliphatic rings. The molecule has 29 heavy (non-hydrogen) atoms. The van der Waals surface area contributed by atoms with Gasteiger partial charge >= 0.3 is 0 Å². The summed E-state index contributed by atoms with van der Waals surface area (Å²) >= 11 is 0. The SMILES string of the molecule is [CH2]Cn1ccc(S(=O)(=O)N(Cc2ccc(OC)cc2)Cc2ccc(OC)cc2)n1. The summed E-state index contributed by atoms with van der Waals surface area (Å²) < 4.78 is 39.9. The Kier molecular flexibility index (Phi) is 6.56. The summed E-state index contributed by atoms with van der Waals surface area (Å²) in [5, 5.41) is 4.15. The van der Waals surface area contributed by atoms with Gasteiger partial charge in [0.25, 0.3) is 10.0 Å². The topological polar surface area (TPSA) is 73.7 Å². The number of rotatable bonds is 9. The van der Waals surface area contributed by atoms with Crippen LogP contribution in [0.5, 0.6) is 11.5 Å². The van der Waals surface area contributed by atoms with Crippen molar-refractivity contribution in [3.05, 3.63) is 78.8 Å². The number of aromatic nitrogens is 2. The predicted molar refractivity (Wildman–Crippen MR) is 110 cm³/mol. The van der Waals surface area contributed by atoms with E-state index in [0.29, 0.717) is 18.0 Å². The second-order valence-electron chi connectivity index (χ2n) is 6.39. The maximum atomic E-state index is 13.3. The molecule has 0 unspecified atom stereocenters. The highest BCUT2D eigenvalue weighted by Gasteiger charge is 2.27. The van der Waals surface area contributed by atoms with Crippen LogP contribution in [-0.4, -0.2) is 36.7 Å². The van der Waals surface area contributed by atoms with E-state index in [4.69, 9.17) is 9.47 Å². The molecule has 1 heterocycles. The number of methoxy groups -OCH3 is 2. The third-order valence-corrected chi connectivity index (χ3v) is 6.17. The minimum absolute atomic E-state index is 0.00294. The molecule has 0 aliphatic carbocycles. The molecule has 153 valence electrons. The highest BCUT2D eigenvalue weighted by Crippen LogP contribution is 2.22. The highest BCUT2D eigenvalue weighted by atomic mass is 32.2. The molecule has 3 rings (SSSR count). The number of benzene rings is 2. The first-order valence-electron chi connectivity index (χ1n) is 9.05. The third-order valence-electron chi connectivity index (χ3n) is 4.49. The minimum atomic E-state index is -3.81. The molecule has 0 spiro atoms. The summed E-state index contributed by atoms with van der Waals surface area (Å²) in [5.74, 6) is 1.43. The van der Waals surface area contributed by atoms with Crippen LogP contribution in [-0.2, 0) is 29.7 Å². The lowest BCUT2D eigenvalue weighted by atomic mass is 10.2. The molecule has 1 aromatic heterocycles. The summed E-state index contributed by atoms with van der Waals surface area (Å²) in [6.45, 7) is 4.49. The summed E-state index contributed by atoms with van der Waals surface area (Å²) in [7, 11) is -0.624. The van der Waals surface area contributed by atoms with Crippen molar-refractivity contribution < 1.29 is 17.9 Å². The van der Waals surface area contributed by atoms with Gasteiger partial charge in [0, 0.05) is 25.8 Å². The Morgan fingerprint density at radius 1 is 0.897 bits per heavy atom. The molecule has 7 nitrogen and oxygen atoms in total. The van der Waals surface area contributed by atoms with Gasteiger partial charge in [0.2, 0.25) is 0 Å². The van der Waals surface area contributed by atoms with Crippen molar-refractivity contribution in [1.29, 1.82) is 0 Å². The normalized spacial score (nSPS) is 11.6. The fraction of sp³-hybridized carbons (Fsp3) is 0.238. The molecule has 8 heteroatoms. The lowest BCUT2D eigenvalue weighted by molar-refractivity contribution is 0.395. The zero-order chi connectivity index (χ0) is 20.9. The lowest BCUT2D eigenvalue weighted by Crippen LogP contribution is -2.30. The largest absolute Gasteiger partial charge is 0.497 e. The number of sulfonamides is 1. The Balaban J connectivity index is 1.92. The van der Waals surface area contributed by atoms with Crippen LogP contribution in [0.4, 0.5) is 0 Å². The van der Waals surface area contributed by atoms with Gasteiger partial charge < -0.3 is 9.47 Å². The lowest BCUT2D eigenvalue weighted by Gasteiger charge is -2.21. The van der Waals surface area contributed by atoms with Crippen LogP contribution < -0.4 is 9.47 Å². The van der Waals surface area contributed by atoms with Gasteiger partial charge in [-0.2, -0.15) is 9.40 Å². The Bertz CT molecular complexity index is 979. The van der Waals surface area contributed by atoms with Crippen molar-refractivity contribution in [3.8, 4) is 11.5 Å². The summed E-state index contributed by atoms with van der Waals surface area (Å²) in [6.07, 6.45) is 1.61. The van der Waals surface area contributed by atoms with Crippen molar-refractivity contribution in [1.82, 2.24) is 14.1 Å². The molecule has 0 bridgehead atoms. The molecular weight excluding hydrogens is 390 g/mol. The molecular formula is C21H24N3O4S. The van der Waals surface area contributed by atoms with E-state index in [2.05, 4.69) is 12.0 Å². The smallest absolute Gasteiger partial charge is 0.262 e. The van der Waals surface area contributed by atoms with Gasteiger partial charge in [-0.15, -0.1) is 0 Å². The van der Waals surface area contributed by atoms with Gasteiger partial charge in [0.15, 0.2) is 5.03 Å². The van der Waals surface area contributed by atoms with Gasteiger partial charge in [0.1, 0.15) is 11.5 Å². The van der Waals surface area contributed by atoms with Crippen LogP contribution in [0.25, 0.3) is 0 Å². The van der Waals surface area contributed by atoms with Crippen LogP contribution in [0, 0.1) is 6.92 Å². The Morgan fingerprint density at radius 2 is 1.38 bits per heavy atom. The average molecular weight is 415 g/mol. The van der Waals surface area contributed by atoms with Crippen LogP contribution in [0.2, 0.25) is 0 Å². The van der Waals surface area contributed by atoms with Crippen molar-refractivity contribution in [3.63, 3.8) is 0 Å². The second kappa shape index (κ2) is 9.11. The summed E-state index contributed by atoms with van der Waals surface area (Å²) in [6, 6.07) is 16.1. The first-order chi connectivity index (χ1) is 14.0. The fourth-order valence-corrected chi connectivity index (χ4v) is 4.18. The van der Waals surface area contributed by atoms with E-state index in [-0.39, 0.29) is 18.1 Å². The van der Waals surface area contributed by atoms with Gasteiger partial charge in [-0.05, 0) is 48.4 Å². The van der Waals surface area contributed by atoms with Gasteiger partial charge in [-0.25, -0.2) is 8.42 Å². The fourth-order valence-electron chi connectivity index (χ4n) is 2.83. The molecule has 0 N–H and O–H groups in total. The van der Waals surface area contributed by atoms with Crippen molar-refractivity contribution in [2.45, 2.75) is 24.7 Å². The average Bonchev–Trinajstić information content (AvgIpc) is 3.24. The first kappa shape index (κ1) is 20.9. The van der Waals surface area contributed by atoms with Crippen molar-refractivity contribution in [2.75, 3.05) is 14.2 Å². The maximum absolute atomic E-state index is 13.3. The quantitative estimate of drug-likeness (QED) is 0.538. The molecule has 1 radical (unpaired) electrons. The standard InChI is InChI=1S/C21H24N3O4S/c1-4-23-14-13-21(22-23)29(25,26)24(15-17-5-9-19(27-2)10-6-17)16-18-7-11-20(28-3)12-8-18/h5-14H,1,4,15-16H2,2-3H3. The van der Waals surface area contributed by atoms with E-state index in [1.165, 1.54) is 15.1 Å². The first-order valence-corrected chi connectivity index (χ1v) is 10.5. The predicted octanol–water partition coefficient (Wildman–Crippen LogP) is 3.13. The molecule has 0 fully saturated rings. The maximum Gasteiger partial charge on any atom is 0.262 e. The van der Waals surface area contributed by atoms with E-state index < -0.39 is 10.0 Å². The minimum Gasteiger partial charge on any atom is -0.497 e. The Labute approximate surface area is 171 Å². The van der Waals surface area contributed by atoms with Crippen LogP contribution >= 0.6 is 0 Å². The van der Waals surface area contributed by atoms with E-state index >= 15 is 0 Å². The monoisotopic (exact) mass is 414 g/mol. The van der Waals surface area contributed by atoms with Crippen LogP contribution in [0.1, 0.15) is 11.1 Å². The van der Waals surface area contributed by atoms with Crippen LogP contribution in [0.3, 0.4) is 0 Å². The Morgan fingerprint density at radius 3 is 1.76 bits per heavy atom. The third kappa shape index (κ3) is 4.96. The molecule has 0 amide bonds. The number of hydrogen-bond donors (Lipinski definition) is 0. The van der Waals surface area contributed by atoms with E-state index in [1.807, 2.05) is 48.5 Å². The number of ether oxygens (including phenoxy) is 2. The van der Waals surface area contributed by atoms with Crippen LogP contribution in [0.15, 0.2) is 65.8 Å². The highest BCUT2D eigenvalue weighted by molar-refractivity contribution is 7.89. The molecule has 3 aromatic rings. The summed E-state index contributed by atoms with van der Waals surface area (Å²) in [5.41, 5.74) is 1.69. The number of hydrogen-bond acceptors (Lipinski definition) is 5. The molecule has 0 aliphatic heterocycles. The molecule has 0 atom stereocenters. The van der Waals surface area contributed by atoms with E-state index in [0.717, 1.165) is 11.1 Å². The van der Waals surface area contributed by atoms with Gasteiger partial charge in [-0.1, -0.05) is 24.3 Å². The van der Waals surface area contributed by atoms with Crippen molar-refractivity contribution >= 4 is 10.0 Å². The van der Waals surface area contributed by atoms with Gasteiger partial charge in [0.05, 0.1) is 14.2 Å². The molecule has 0 saturated heterocycles. The van der Waals surface area contributed by atoms with E-state index in [1.54, 1.807) is 20.4 Å². The van der Waals surface area contributed by atoms with E-state index in [9.17, 15) is 8.42 Å². The number of nitrogens with zero attached hydrogens (tertiary/aromatic N) is 3. The van der Waals surface area contributed by atoms with Crippen molar-refractivity contribution in [2.24, 2.45) is 0 Å².